The van der Waals surface area contributed by atoms with Crippen molar-refractivity contribution in [3.63, 3.8) is 0 Å². The van der Waals surface area contributed by atoms with Gasteiger partial charge in [0.1, 0.15) is 6.04 Å². The van der Waals surface area contributed by atoms with Crippen LogP contribution in [0.2, 0.25) is 0 Å². The van der Waals surface area contributed by atoms with Crippen LogP contribution in [0.15, 0.2) is 54.6 Å². The largest absolute Gasteiger partial charge is 0.480 e. The highest BCUT2D eigenvalue weighted by atomic mass is 16.4. The highest BCUT2D eigenvalue weighted by molar-refractivity contribution is 5.97. The summed E-state index contributed by atoms with van der Waals surface area (Å²) in [7, 11) is 0. The molecule has 2 aromatic carbocycles. The fourth-order valence-electron chi connectivity index (χ4n) is 2.20. The van der Waals surface area contributed by atoms with E-state index in [2.05, 4.69) is 10.6 Å². The normalized spacial score (nSPS) is 11.4. The van der Waals surface area contributed by atoms with E-state index in [1.165, 1.54) is 19.1 Å². The minimum absolute atomic E-state index is 0.200. The Morgan fingerprint density at radius 1 is 1.00 bits per heavy atom. The number of hydrogen-bond acceptors (Lipinski definition) is 3. The summed E-state index contributed by atoms with van der Waals surface area (Å²) in [6, 6.07) is 14.3. The fourth-order valence-corrected chi connectivity index (χ4v) is 2.20. The van der Waals surface area contributed by atoms with Gasteiger partial charge < -0.3 is 15.7 Å². The molecular formula is C18H18N2O4. The Morgan fingerprint density at radius 2 is 1.62 bits per heavy atom. The molecule has 2 rings (SSSR count). The first-order valence-electron chi connectivity index (χ1n) is 7.41. The van der Waals surface area contributed by atoms with E-state index in [9.17, 15) is 19.5 Å². The number of rotatable bonds is 6. The van der Waals surface area contributed by atoms with Crippen LogP contribution in [0.5, 0.6) is 0 Å². The van der Waals surface area contributed by atoms with Crippen molar-refractivity contribution >= 4 is 23.5 Å². The molecule has 6 heteroatoms. The zero-order valence-corrected chi connectivity index (χ0v) is 13.2. The van der Waals surface area contributed by atoms with E-state index in [0.29, 0.717) is 11.3 Å². The number of carbonyl (C=O) groups is 3. The SMILES string of the molecule is CC(=O)Nc1ccc(C(=O)N[C@H](Cc2ccccc2)C(=O)O)cc1. The van der Waals surface area contributed by atoms with Gasteiger partial charge in [0.05, 0.1) is 0 Å². The minimum Gasteiger partial charge on any atom is -0.480 e. The molecule has 3 N–H and O–H groups in total. The molecule has 124 valence electrons. The molecule has 1 atom stereocenters. The standard InChI is InChI=1S/C18H18N2O4/c1-12(21)19-15-9-7-14(8-10-15)17(22)20-16(18(23)24)11-13-5-3-2-4-6-13/h2-10,16H,11H2,1H3,(H,19,21)(H,20,22)(H,23,24)/t16-/m1/s1. The summed E-state index contributed by atoms with van der Waals surface area (Å²) in [5, 5.41) is 14.4. The van der Waals surface area contributed by atoms with E-state index in [0.717, 1.165) is 5.56 Å². The maximum Gasteiger partial charge on any atom is 0.326 e. The van der Waals surface area contributed by atoms with E-state index in [1.54, 1.807) is 12.1 Å². The van der Waals surface area contributed by atoms with Crippen LogP contribution in [-0.4, -0.2) is 28.9 Å². The number of hydrogen-bond donors (Lipinski definition) is 3. The number of amides is 2. The third-order valence-corrected chi connectivity index (χ3v) is 3.35. The van der Waals surface area contributed by atoms with E-state index in [4.69, 9.17) is 0 Å². The molecule has 0 radical (unpaired) electrons. The van der Waals surface area contributed by atoms with Gasteiger partial charge in [-0.1, -0.05) is 30.3 Å². The van der Waals surface area contributed by atoms with Crippen molar-refractivity contribution in [2.24, 2.45) is 0 Å². The summed E-state index contributed by atoms with van der Waals surface area (Å²) < 4.78 is 0. The zero-order chi connectivity index (χ0) is 17.5. The lowest BCUT2D eigenvalue weighted by Gasteiger charge is -2.15. The van der Waals surface area contributed by atoms with Crippen molar-refractivity contribution in [2.75, 3.05) is 5.32 Å². The van der Waals surface area contributed by atoms with Gasteiger partial charge in [0.2, 0.25) is 5.91 Å². The molecule has 0 saturated carbocycles. The predicted octanol–water partition coefficient (Wildman–Crippen LogP) is 2.07. The van der Waals surface area contributed by atoms with E-state index >= 15 is 0 Å². The average molecular weight is 326 g/mol. The number of aliphatic carboxylic acids is 1. The zero-order valence-electron chi connectivity index (χ0n) is 13.2. The van der Waals surface area contributed by atoms with Crippen LogP contribution < -0.4 is 10.6 Å². The van der Waals surface area contributed by atoms with Gasteiger partial charge in [0.15, 0.2) is 0 Å². The van der Waals surface area contributed by atoms with Crippen LogP contribution in [0, 0.1) is 0 Å². The first kappa shape index (κ1) is 17.2. The van der Waals surface area contributed by atoms with E-state index in [-0.39, 0.29) is 12.3 Å². The molecule has 6 nitrogen and oxygen atoms in total. The van der Waals surface area contributed by atoms with Gasteiger partial charge in [-0.25, -0.2) is 4.79 Å². The summed E-state index contributed by atoms with van der Waals surface area (Å²) in [5.74, 6) is -1.78. The molecule has 0 fully saturated rings. The summed E-state index contributed by atoms with van der Waals surface area (Å²) >= 11 is 0. The van der Waals surface area contributed by atoms with Crippen molar-refractivity contribution in [2.45, 2.75) is 19.4 Å². The van der Waals surface area contributed by atoms with Gasteiger partial charge in [0, 0.05) is 24.6 Å². The topological polar surface area (TPSA) is 95.5 Å². The smallest absolute Gasteiger partial charge is 0.326 e. The number of anilines is 1. The number of carboxylic acids is 1. The molecule has 0 aliphatic carbocycles. The molecule has 0 bridgehead atoms. The van der Waals surface area contributed by atoms with Crippen LogP contribution in [0.25, 0.3) is 0 Å². The van der Waals surface area contributed by atoms with Gasteiger partial charge in [-0.3, -0.25) is 9.59 Å². The van der Waals surface area contributed by atoms with Crippen LogP contribution in [0.3, 0.4) is 0 Å². The number of nitrogens with one attached hydrogen (secondary N) is 2. The molecule has 2 aromatic rings. The lowest BCUT2D eigenvalue weighted by atomic mass is 10.1. The van der Waals surface area contributed by atoms with Gasteiger partial charge in [0.25, 0.3) is 5.91 Å². The molecule has 0 saturated heterocycles. The highest BCUT2D eigenvalue weighted by Crippen LogP contribution is 2.10. The molecule has 0 heterocycles. The van der Waals surface area contributed by atoms with Crippen LogP contribution >= 0.6 is 0 Å². The van der Waals surface area contributed by atoms with Gasteiger partial charge in [-0.15, -0.1) is 0 Å². The number of carbonyl (C=O) groups excluding carboxylic acids is 2. The lowest BCUT2D eigenvalue weighted by Crippen LogP contribution is -2.42. The van der Waals surface area contributed by atoms with Gasteiger partial charge in [-0.2, -0.15) is 0 Å². The maximum absolute atomic E-state index is 12.2. The third-order valence-electron chi connectivity index (χ3n) is 3.35. The predicted molar refractivity (Wildman–Crippen MR) is 89.8 cm³/mol. The molecule has 0 spiro atoms. The van der Waals surface area contributed by atoms with Gasteiger partial charge >= 0.3 is 5.97 Å². The second kappa shape index (κ2) is 7.92. The van der Waals surface area contributed by atoms with Crippen LogP contribution in [0.1, 0.15) is 22.8 Å². The Morgan fingerprint density at radius 3 is 2.17 bits per heavy atom. The summed E-state index contributed by atoms with van der Waals surface area (Å²) in [5.41, 5.74) is 1.72. The van der Waals surface area contributed by atoms with Gasteiger partial charge in [-0.05, 0) is 29.8 Å². The van der Waals surface area contributed by atoms with Crippen molar-refractivity contribution in [1.29, 1.82) is 0 Å². The Labute approximate surface area is 139 Å². The van der Waals surface area contributed by atoms with Crippen molar-refractivity contribution in [3.8, 4) is 0 Å². The first-order chi connectivity index (χ1) is 11.5. The van der Waals surface area contributed by atoms with Crippen molar-refractivity contribution in [3.05, 3.63) is 65.7 Å². The Balaban J connectivity index is 2.05. The molecule has 2 amide bonds. The molecule has 0 aliphatic heterocycles. The van der Waals surface area contributed by atoms with E-state index in [1.807, 2.05) is 30.3 Å². The Kier molecular flexibility index (Phi) is 5.68. The number of benzene rings is 2. The van der Waals surface area contributed by atoms with Crippen molar-refractivity contribution in [1.82, 2.24) is 5.32 Å². The highest BCUT2D eigenvalue weighted by Gasteiger charge is 2.21. The lowest BCUT2D eigenvalue weighted by molar-refractivity contribution is -0.139. The third kappa shape index (κ3) is 4.95. The van der Waals surface area contributed by atoms with Crippen LogP contribution in [0.4, 0.5) is 5.69 Å². The number of carboxylic acid groups (broad SMARTS) is 1. The molecule has 0 aromatic heterocycles. The average Bonchev–Trinajstić information content (AvgIpc) is 2.55. The quantitative estimate of drug-likeness (QED) is 0.757. The summed E-state index contributed by atoms with van der Waals surface area (Å²) in [6.07, 6.45) is 0.200. The minimum atomic E-state index is -1.10. The Bertz CT molecular complexity index is 726. The monoisotopic (exact) mass is 326 g/mol. The van der Waals surface area contributed by atoms with Crippen molar-refractivity contribution < 1.29 is 19.5 Å². The fraction of sp³-hybridized carbons (Fsp3) is 0.167. The molecule has 24 heavy (non-hydrogen) atoms. The first-order valence-corrected chi connectivity index (χ1v) is 7.41. The van der Waals surface area contributed by atoms with Crippen LogP contribution in [-0.2, 0) is 16.0 Å². The van der Waals surface area contributed by atoms with E-state index < -0.39 is 17.9 Å². The molecule has 0 unspecified atom stereocenters. The molecular weight excluding hydrogens is 308 g/mol. The molecule has 0 aliphatic rings. The second-order valence-corrected chi connectivity index (χ2v) is 5.31. The summed E-state index contributed by atoms with van der Waals surface area (Å²) in [4.78, 5) is 34.6. The maximum atomic E-state index is 12.2. The summed E-state index contributed by atoms with van der Waals surface area (Å²) in [6.45, 7) is 1.39. The second-order valence-electron chi connectivity index (χ2n) is 5.31. The Hall–Kier alpha value is -3.15.